The Balaban J connectivity index is -0.000000266. The molecule has 0 saturated carbocycles. The molecule has 2 amide bonds. The van der Waals surface area contributed by atoms with Crippen molar-refractivity contribution in [1.29, 1.82) is 0 Å². The second-order valence-corrected chi connectivity index (χ2v) is 4.19. The third kappa shape index (κ3) is 38.2. The summed E-state index contributed by atoms with van der Waals surface area (Å²) < 4.78 is 0. The van der Waals surface area contributed by atoms with E-state index >= 15 is 0 Å². The predicted octanol–water partition coefficient (Wildman–Crippen LogP) is 2.63. The molecule has 0 spiro atoms. The zero-order valence-corrected chi connectivity index (χ0v) is 13.8. The summed E-state index contributed by atoms with van der Waals surface area (Å²) in [7, 11) is 0. The van der Waals surface area contributed by atoms with Crippen molar-refractivity contribution in [2.24, 2.45) is 5.73 Å². The topological polar surface area (TPSA) is 130 Å². The number of primary amides is 1. The molecule has 5 N–H and O–H groups in total. The van der Waals surface area contributed by atoms with Gasteiger partial charge in [-0.05, 0) is 13.3 Å². The van der Waals surface area contributed by atoms with Crippen LogP contribution in [-0.4, -0.2) is 35.7 Å². The highest BCUT2D eigenvalue weighted by atomic mass is 16.4. The molecule has 1 aromatic carbocycles. The molecule has 0 radical (unpaired) electrons. The Kier molecular flexibility index (Phi) is 27.0. The fraction of sp³-hybridized carbons (Fsp3) is 0.438. The molecule has 132 valence electrons. The summed E-state index contributed by atoms with van der Waals surface area (Å²) in [6, 6.07) is 10.3. The second kappa shape index (κ2) is 24.4. The molecule has 0 aliphatic rings. The van der Waals surface area contributed by atoms with Gasteiger partial charge in [-0.25, -0.2) is 4.79 Å². The lowest BCUT2D eigenvalue weighted by atomic mass is 10.2. The van der Waals surface area contributed by atoms with Crippen LogP contribution in [0.2, 0.25) is 0 Å². The molecular formula is C16H28N2O5. The lowest BCUT2D eigenvalue weighted by Crippen LogP contribution is -2.21. The monoisotopic (exact) mass is 328 g/mol. The number of hydrogen-bond donors (Lipinski definition) is 4. The summed E-state index contributed by atoms with van der Waals surface area (Å²) in [5, 5.41) is 17.4. The average Bonchev–Trinajstić information content (AvgIpc) is 2.50. The maximum atomic E-state index is 9.92. The number of nitrogens with one attached hydrogen (secondary N) is 1. The van der Waals surface area contributed by atoms with Gasteiger partial charge in [-0.2, -0.15) is 0 Å². The Morgan fingerprint density at radius 2 is 1.65 bits per heavy atom. The van der Waals surface area contributed by atoms with Crippen LogP contribution in [-0.2, 0) is 9.59 Å². The van der Waals surface area contributed by atoms with Crippen LogP contribution in [0.3, 0.4) is 0 Å². The van der Waals surface area contributed by atoms with Crippen LogP contribution in [0.1, 0.15) is 38.2 Å². The van der Waals surface area contributed by atoms with Crippen molar-refractivity contribution in [3.8, 4) is 0 Å². The van der Waals surface area contributed by atoms with E-state index in [1.165, 1.54) is 18.4 Å². The first-order valence-corrected chi connectivity index (χ1v) is 7.21. The molecule has 0 aliphatic carbocycles. The quantitative estimate of drug-likeness (QED) is 0.487. The van der Waals surface area contributed by atoms with Gasteiger partial charge in [0.2, 0.25) is 6.41 Å². The maximum Gasteiger partial charge on any atom is 0.404 e. The van der Waals surface area contributed by atoms with Gasteiger partial charge in [0.15, 0.2) is 0 Å². The van der Waals surface area contributed by atoms with E-state index in [-0.39, 0.29) is 12.9 Å². The number of amides is 2. The van der Waals surface area contributed by atoms with Gasteiger partial charge in [0, 0.05) is 6.54 Å². The Hall–Kier alpha value is -2.57. The molecule has 0 aliphatic heterocycles. The van der Waals surface area contributed by atoms with Gasteiger partial charge in [-0.1, -0.05) is 62.1 Å². The third-order valence-corrected chi connectivity index (χ3v) is 2.25. The van der Waals surface area contributed by atoms with Gasteiger partial charge in [-0.3, -0.25) is 9.59 Å². The van der Waals surface area contributed by atoms with Gasteiger partial charge in [0.25, 0.3) is 6.47 Å². The van der Waals surface area contributed by atoms with Crippen LogP contribution in [0, 0.1) is 6.92 Å². The van der Waals surface area contributed by atoms with Crippen molar-refractivity contribution in [3.63, 3.8) is 0 Å². The minimum Gasteiger partial charge on any atom is -0.483 e. The lowest BCUT2D eigenvalue weighted by Gasteiger charge is -1.98. The number of carbonyl (C=O) groups excluding carboxylic acids is 1. The SMILES string of the molecule is CCCCCCNC(=O)O.Cc1ccccc1.NC=O.O=CO. The minimum absolute atomic E-state index is 0.250. The van der Waals surface area contributed by atoms with Crippen LogP contribution in [0.5, 0.6) is 0 Å². The summed E-state index contributed by atoms with van der Waals surface area (Å²) in [4.78, 5) is 26.9. The van der Waals surface area contributed by atoms with E-state index in [1.54, 1.807) is 0 Å². The molecule has 1 rings (SSSR count). The molecule has 0 atom stereocenters. The van der Waals surface area contributed by atoms with Crippen molar-refractivity contribution >= 4 is 19.0 Å². The number of nitrogens with two attached hydrogens (primary N) is 1. The second-order valence-electron chi connectivity index (χ2n) is 4.19. The predicted molar refractivity (Wildman–Crippen MR) is 90.3 cm³/mol. The van der Waals surface area contributed by atoms with E-state index in [1.807, 2.05) is 18.2 Å². The van der Waals surface area contributed by atoms with Crippen LogP contribution in [0.15, 0.2) is 30.3 Å². The van der Waals surface area contributed by atoms with E-state index in [4.69, 9.17) is 19.8 Å². The van der Waals surface area contributed by atoms with Gasteiger partial charge < -0.3 is 21.3 Å². The van der Waals surface area contributed by atoms with Crippen LogP contribution >= 0.6 is 0 Å². The summed E-state index contributed by atoms with van der Waals surface area (Å²) in [5.41, 5.74) is 5.49. The molecule has 0 aromatic heterocycles. The first-order chi connectivity index (χ1) is 11.0. The van der Waals surface area contributed by atoms with E-state index in [0.29, 0.717) is 6.54 Å². The van der Waals surface area contributed by atoms with E-state index in [9.17, 15) is 4.79 Å². The van der Waals surface area contributed by atoms with E-state index in [0.717, 1.165) is 12.8 Å². The molecule has 0 heterocycles. The summed E-state index contributed by atoms with van der Waals surface area (Å²) in [5.74, 6) is 0. The zero-order valence-electron chi connectivity index (χ0n) is 13.8. The Morgan fingerprint density at radius 1 is 1.17 bits per heavy atom. The minimum atomic E-state index is -0.920. The number of aryl methyl sites for hydroxylation is 1. The van der Waals surface area contributed by atoms with Crippen molar-refractivity contribution in [2.45, 2.75) is 39.5 Å². The fourth-order valence-corrected chi connectivity index (χ4v) is 1.28. The van der Waals surface area contributed by atoms with E-state index < -0.39 is 6.09 Å². The van der Waals surface area contributed by atoms with Gasteiger partial charge in [0.05, 0.1) is 0 Å². The Labute approximate surface area is 137 Å². The molecule has 23 heavy (non-hydrogen) atoms. The standard InChI is InChI=1S/C7H15NO2.C7H8.CH3NO.CH2O2/c1-2-3-4-5-6-8-7(9)10;1-7-5-3-2-4-6-7;2*2-1-3/h8H,2-6H2,1H3,(H,9,10);2-6H,1H3;1H,(H2,2,3);1H,(H,2,3). The average molecular weight is 328 g/mol. The highest BCUT2D eigenvalue weighted by molar-refractivity contribution is 5.64. The first kappa shape index (κ1) is 25.4. The third-order valence-electron chi connectivity index (χ3n) is 2.25. The van der Waals surface area contributed by atoms with Crippen molar-refractivity contribution in [1.82, 2.24) is 5.32 Å². The Morgan fingerprint density at radius 3 is 1.96 bits per heavy atom. The molecule has 7 nitrogen and oxygen atoms in total. The zero-order chi connectivity index (χ0) is 18.3. The highest BCUT2D eigenvalue weighted by Crippen LogP contribution is 1.96. The number of unbranched alkanes of at least 4 members (excludes halogenated alkanes) is 3. The van der Waals surface area contributed by atoms with Crippen LogP contribution in [0.4, 0.5) is 4.79 Å². The normalized spacial score (nSPS) is 7.74. The highest BCUT2D eigenvalue weighted by Gasteiger charge is 1.91. The lowest BCUT2D eigenvalue weighted by molar-refractivity contribution is -0.122. The number of carboxylic acid groups (broad SMARTS) is 2. The van der Waals surface area contributed by atoms with Gasteiger partial charge >= 0.3 is 6.09 Å². The maximum absolute atomic E-state index is 9.92. The molecule has 0 fully saturated rings. The van der Waals surface area contributed by atoms with Gasteiger partial charge in [-0.15, -0.1) is 0 Å². The van der Waals surface area contributed by atoms with Gasteiger partial charge in [0.1, 0.15) is 0 Å². The molecule has 7 heteroatoms. The Bertz CT molecular complexity index is 366. The van der Waals surface area contributed by atoms with E-state index in [2.05, 4.69) is 37.0 Å². The molecule has 0 unspecified atom stereocenters. The van der Waals surface area contributed by atoms with Crippen molar-refractivity contribution in [2.75, 3.05) is 6.54 Å². The number of carbonyl (C=O) groups is 3. The summed E-state index contributed by atoms with van der Waals surface area (Å²) in [6.07, 6.45) is 3.79. The fourth-order valence-electron chi connectivity index (χ4n) is 1.28. The van der Waals surface area contributed by atoms with Crippen molar-refractivity contribution in [3.05, 3.63) is 35.9 Å². The smallest absolute Gasteiger partial charge is 0.404 e. The van der Waals surface area contributed by atoms with Crippen LogP contribution in [0.25, 0.3) is 0 Å². The molecule has 1 aromatic rings. The molecular weight excluding hydrogens is 300 g/mol. The summed E-state index contributed by atoms with van der Waals surface area (Å²) >= 11 is 0. The summed E-state index contributed by atoms with van der Waals surface area (Å²) in [6.45, 7) is 4.56. The number of hydrogen-bond acceptors (Lipinski definition) is 3. The number of rotatable bonds is 5. The molecule has 0 saturated heterocycles. The largest absolute Gasteiger partial charge is 0.483 e. The van der Waals surface area contributed by atoms with Crippen molar-refractivity contribution < 1.29 is 24.6 Å². The molecule has 0 bridgehead atoms. The first-order valence-electron chi connectivity index (χ1n) is 7.21. The van der Waals surface area contributed by atoms with Crippen LogP contribution < -0.4 is 11.1 Å². The number of benzene rings is 1.